The zero-order valence-corrected chi connectivity index (χ0v) is 14.4. The minimum Gasteiger partial charge on any atom is -0.494 e. The van der Waals surface area contributed by atoms with Crippen LogP contribution in [0.1, 0.15) is 24.8 Å². The molecule has 0 spiro atoms. The molecule has 1 unspecified atom stereocenters. The number of carbonyl (C=O) groups excluding carboxylic acids is 1. The van der Waals surface area contributed by atoms with E-state index in [9.17, 15) is 9.18 Å². The van der Waals surface area contributed by atoms with E-state index >= 15 is 0 Å². The third kappa shape index (κ3) is 5.31. The van der Waals surface area contributed by atoms with Crippen LogP contribution in [0.2, 0.25) is 0 Å². The van der Waals surface area contributed by atoms with Gasteiger partial charge in [0.15, 0.2) is 0 Å². The summed E-state index contributed by atoms with van der Waals surface area (Å²) in [7, 11) is 0. The smallest absolute Gasteiger partial charge is 0.222 e. The lowest BCUT2D eigenvalue weighted by Gasteiger charge is -2.17. The molecule has 0 N–H and O–H groups in total. The van der Waals surface area contributed by atoms with Gasteiger partial charge in [0.1, 0.15) is 11.6 Å². The van der Waals surface area contributed by atoms with Crippen molar-refractivity contribution in [2.45, 2.75) is 25.7 Å². The number of benzene rings is 2. The first kappa shape index (κ1) is 17.5. The van der Waals surface area contributed by atoms with Crippen molar-refractivity contribution in [2.75, 3.05) is 19.7 Å². The predicted molar refractivity (Wildman–Crippen MR) is 96.0 cm³/mol. The molecule has 4 heteroatoms. The molecular weight excluding hydrogens is 317 g/mol. The first-order valence-corrected chi connectivity index (χ1v) is 8.91. The molecule has 1 fully saturated rings. The van der Waals surface area contributed by atoms with Crippen molar-refractivity contribution in [3.8, 4) is 5.75 Å². The number of nitrogens with zero attached hydrogens (tertiary/aromatic N) is 1. The van der Waals surface area contributed by atoms with Crippen LogP contribution in [0.3, 0.4) is 0 Å². The third-order valence-electron chi connectivity index (χ3n) is 4.72. The Morgan fingerprint density at radius 3 is 2.64 bits per heavy atom. The van der Waals surface area contributed by atoms with Crippen molar-refractivity contribution < 1.29 is 13.9 Å². The average molecular weight is 341 g/mol. The summed E-state index contributed by atoms with van der Waals surface area (Å²) in [6.45, 7) is 2.26. The van der Waals surface area contributed by atoms with E-state index < -0.39 is 0 Å². The molecule has 0 saturated carbocycles. The van der Waals surface area contributed by atoms with Gasteiger partial charge >= 0.3 is 0 Å². The molecule has 0 aliphatic carbocycles. The van der Waals surface area contributed by atoms with Gasteiger partial charge in [-0.1, -0.05) is 30.3 Å². The number of likely N-dealkylation sites (tertiary alicyclic amines) is 1. The normalized spacial score (nSPS) is 16.8. The van der Waals surface area contributed by atoms with Gasteiger partial charge in [-0.15, -0.1) is 0 Å². The average Bonchev–Trinajstić information content (AvgIpc) is 3.11. The minimum atomic E-state index is -0.257. The summed E-state index contributed by atoms with van der Waals surface area (Å²) in [5, 5.41) is 0. The number of carbonyl (C=O) groups is 1. The van der Waals surface area contributed by atoms with Gasteiger partial charge in [-0.05, 0) is 55.0 Å². The van der Waals surface area contributed by atoms with Gasteiger partial charge in [0, 0.05) is 19.5 Å². The Morgan fingerprint density at radius 1 is 1.12 bits per heavy atom. The molecule has 1 atom stereocenters. The van der Waals surface area contributed by atoms with Gasteiger partial charge in [-0.25, -0.2) is 4.39 Å². The maximum absolute atomic E-state index is 12.9. The molecule has 0 aromatic heterocycles. The number of hydrogen-bond acceptors (Lipinski definition) is 2. The Hall–Kier alpha value is -2.36. The zero-order valence-electron chi connectivity index (χ0n) is 14.4. The van der Waals surface area contributed by atoms with Gasteiger partial charge in [-0.2, -0.15) is 0 Å². The predicted octanol–water partition coefficient (Wildman–Crippen LogP) is 4.08. The Bertz CT molecular complexity index is 672. The highest BCUT2D eigenvalue weighted by Gasteiger charge is 2.25. The van der Waals surface area contributed by atoms with Crippen LogP contribution >= 0.6 is 0 Å². The minimum absolute atomic E-state index is 0.241. The molecule has 0 radical (unpaired) electrons. The summed E-state index contributed by atoms with van der Waals surface area (Å²) >= 11 is 0. The quantitative estimate of drug-likeness (QED) is 0.759. The second kappa shape index (κ2) is 8.65. The second-order valence-electron chi connectivity index (χ2n) is 6.57. The maximum atomic E-state index is 12.9. The fraction of sp³-hybridized carbons (Fsp3) is 0.381. The Kier molecular flexibility index (Phi) is 6.04. The third-order valence-corrected chi connectivity index (χ3v) is 4.72. The van der Waals surface area contributed by atoms with E-state index in [1.165, 1.54) is 17.7 Å². The Labute approximate surface area is 148 Å². The van der Waals surface area contributed by atoms with E-state index in [1.54, 1.807) is 12.1 Å². The molecule has 3 nitrogen and oxygen atoms in total. The summed E-state index contributed by atoms with van der Waals surface area (Å²) in [5.41, 5.74) is 1.21. The van der Waals surface area contributed by atoms with Crippen molar-refractivity contribution >= 4 is 5.91 Å². The molecular formula is C21H24FNO2. The first-order chi connectivity index (χ1) is 12.2. The highest BCUT2D eigenvalue weighted by atomic mass is 19.1. The van der Waals surface area contributed by atoms with Crippen molar-refractivity contribution in [2.24, 2.45) is 5.92 Å². The second-order valence-corrected chi connectivity index (χ2v) is 6.57. The first-order valence-electron chi connectivity index (χ1n) is 8.91. The summed E-state index contributed by atoms with van der Waals surface area (Å²) in [6, 6.07) is 16.2. The van der Waals surface area contributed by atoms with Crippen LogP contribution in [0.5, 0.6) is 5.75 Å². The molecule has 1 aliphatic rings. The molecule has 2 aromatic carbocycles. The van der Waals surface area contributed by atoms with Crippen LogP contribution in [-0.2, 0) is 11.2 Å². The monoisotopic (exact) mass is 341 g/mol. The number of aryl methyl sites for hydroxylation is 1. The number of amides is 1. The standard InChI is InChI=1S/C21H24FNO2/c22-19-7-9-20(10-8-19)25-15-13-18-12-14-23(16-18)21(24)11-6-17-4-2-1-3-5-17/h1-5,7-10,18H,6,11-16H2. The van der Waals surface area contributed by atoms with Gasteiger partial charge in [-0.3, -0.25) is 4.79 Å². The SMILES string of the molecule is O=C(CCc1ccccc1)N1CCC(CCOc2ccc(F)cc2)C1. The van der Waals surface area contributed by atoms with Crippen LogP contribution < -0.4 is 4.74 Å². The van der Waals surface area contributed by atoms with E-state index in [2.05, 4.69) is 12.1 Å². The van der Waals surface area contributed by atoms with Crippen LogP contribution in [0.25, 0.3) is 0 Å². The topological polar surface area (TPSA) is 29.5 Å². The lowest BCUT2D eigenvalue weighted by Crippen LogP contribution is -2.29. The van der Waals surface area contributed by atoms with E-state index in [0.29, 0.717) is 24.7 Å². The lowest BCUT2D eigenvalue weighted by molar-refractivity contribution is -0.130. The van der Waals surface area contributed by atoms with Gasteiger partial charge in [0.2, 0.25) is 5.91 Å². The number of rotatable bonds is 7. The highest BCUT2D eigenvalue weighted by molar-refractivity contribution is 5.76. The molecule has 132 valence electrons. The number of hydrogen-bond donors (Lipinski definition) is 0. The van der Waals surface area contributed by atoms with Crippen LogP contribution in [0, 0.1) is 11.7 Å². The number of ether oxygens (including phenoxy) is 1. The van der Waals surface area contributed by atoms with Crippen LogP contribution in [0.4, 0.5) is 4.39 Å². The Morgan fingerprint density at radius 2 is 1.88 bits per heavy atom. The summed E-state index contributed by atoms with van der Waals surface area (Å²) in [4.78, 5) is 14.3. The molecule has 0 bridgehead atoms. The summed E-state index contributed by atoms with van der Waals surface area (Å²) in [5.74, 6) is 1.16. The molecule has 2 aromatic rings. The van der Waals surface area contributed by atoms with Crippen molar-refractivity contribution in [1.29, 1.82) is 0 Å². The molecule has 1 saturated heterocycles. The fourth-order valence-electron chi connectivity index (χ4n) is 3.22. The lowest BCUT2D eigenvalue weighted by atomic mass is 10.1. The molecule has 25 heavy (non-hydrogen) atoms. The van der Waals surface area contributed by atoms with Crippen LogP contribution in [0.15, 0.2) is 54.6 Å². The van der Waals surface area contributed by atoms with Gasteiger partial charge in [0.25, 0.3) is 0 Å². The molecule has 1 heterocycles. The highest BCUT2D eigenvalue weighted by Crippen LogP contribution is 2.21. The van der Waals surface area contributed by atoms with E-state index in [4.69, 9.17) is 4.74 Å². The van der Waals surface area contributed by atoms with Gasteiger partial charge in [0.05, 0.1) is 6.61 Å². The van der Waals surface area contributed by atoms with Crippen molar-refractivity contribution in [3.05, 3.63) is 66.0 Å². The van der Waals surface area contributed by atoms with Crippen LogP contribution in [-0.4, -0.2) is 30.5 Å². The van der Waals surface area contributed by atoms with Crippen molar-refractivity contribution in [3.63, 3.8) is 0 Å². The van der Waals surface area contributed by atoms with Gasteiger partial charge < -0.3 is 9.64 Å². The van der Waals surface area contributed by atoms with E-state index in [0.717, 1.165) is 32.4 Å². The zero-order chi connectivity index (χ0) is 17.5. The molecule has 1 amide bonds. The van der Waals surface area contributed by atoms with Crippen molar-refractivity contribution in [1.82, 2.24) is 4.90 Å². The maximum Gasteiger partial charge on any atom is 0.222 e. The Balaban J connectivity index is 1.36. The molecule has 3 rings (SSSR count). The fourth-order valence-corrected chi connectivity index (χ4v) is 3.22. The largest absolute Gasteiger partial charge is 0.494 e. The molecule has 1 aliphatic heterocycles. The van der Waals surface area contributed by atoms with E-state index in [-0.39, 0.29) is 11.7 Å². The van der Waals surface area contributed by atoms with E-state index in [1.807, 2.05) is 23.1 Å². The summed E-state index contributed by atoms with van der Waals surface area (Å²) < 4.78 is 18.5. The number of halogens is 1. The summed E-state index contributed by atoms with van der Waals surface area (Å²) in [6.07, 6.45) is 3.32.